The number of ether oxygens (including phenoxy) is 1. The van der Waals surface area contributed by atoms with Crippen LogP contribution < -0.4 is 4.74 Å². The van der Waals surface area contributed by atoms with Crippen LogP contribution in [0.1, 0.15) is 0 Å². The Hall–Kier alpha value is -1.42. The van der Waals surface area contributed by atoms with Crippen LogP contribution in [0.4, 0.5) is 0 Å². The maximum Gasteiger partial charge on any atom is 0.214 e. The van der Waals surface area contributed by atoms with Crippen LogP contribution in [-0.4, -0.2) is 17.9 Å². The minimum Gasteiger partial charge on any atom is -0.470 e. The Morgan fingerprint density at radius 1 is 1.33 bits per heavy atom. The van der Waals surface area contributed by atoms with Gasteiger partial charge in [0.15, 0.2) is 6.29 Å². The van der Waals surface area contributed by atoms with Crippen LogP contribution in [0.15, 0.2) is 34.8 Å². The molecule has 1 aromatic carbocycles. The van der Waals surface area contributed by atoms with Crippen molar-refractivity contribution >= 4 is 33.1 Å². The van der Waals surface area contributed by atoms with Crippen LogP contribution in [0.5, 0.6) is 5.88 Å². The number of halogens is 1. The zero-order valence-corrected chi connectivity index (χ0v) is 9.40. The van der Waals surface area contributed by atoms with E-state index in [-0.39, 0.29) is 6.61 Å². The molecule has 0 atom stereocenters. The molecule has 0 aliphatic rings. The molecule has 0 amide bonds. The van der Waals surface area contributed by atoms with Crippen molar-refractivity contribution in [3.05, 3.63) is 34.8 Å². The molecule has 3 nitrogen and oxygen atoms in total. The lowest BCUT2D eigenvalue weighted by Crippen LogP contribution is -1.99. The lowest BCUT2D eigenvalue weighted by Gasteiger charge is -2.02. The van der Waals surface area contributed by atoms with Gasteiger partial charge in [-0.3, -0.25) is 4.79 Å². The number of hydrogen-bond acceptors (Lipinski definition) is 3. The molecule has 2 aromatic rings. The summed E-state index contributed by atoms with van der Waals surface area (Å²) in [6, 6.07) is 9.45. The Morgan fingerprint density at radius 3 is 3.00 bits per heavy atom. The Balaban J connectivity index is 2.38. The van der Waals surface area contributed by atoms with Crippen molar-refractivity contribution in [1.82, 2.24) is 4.98 Å². The predicted molar refractivity (Wildman–Crippen MR) is 61.0 cm³/mol. The van der Waals surface area contributed by atoms with E-state index in [9.17, 15) is 4.79 Å². The van der Waals surface area contributed by atoms with Gasteiger partial charge in [0.05, 0.1) is 5.52 Å². The van der Waals surface area contributed by atoms with Gasteiger partial charge in [-0.15, -0.1) is 0 Å². The van der Waals surface area contributed by atoms with Gasteiger partial charge in [0.1, 0.15) is 6.61 Å². The second-order valence-corrected chi connectivity index (χ2v) is 3.88. The average molecular weight is 266 g/mol. The molecule has 0 fully saturated rings. The molecule has 0 radical (unpaired) electrons. The number of hydrogen-bond donors (Lipinski definition) is 0. The van der Waals surface area contributed by atoms with Gasteiger partial charge in [0.25, 0.3) is 0 Å². The molecule has 0 unspecified atom stereocenters. The second-order valence-electron chi connectivity index (χ2n) is 2.96. The number of pyridine rings is 1. The van der Waals surface area contributed by atoms with E-state index in [1.807, 2.05) is 24.3 Å². The highest BCUT2D eigenvalue weighted by Crippen LogP contribution is 2.20. The quantitative estimate of drug-likeness (QED) is 0.801. The molecule has 76 valence electrons. The molecule has 4 heteroatoms. The van der Waals surface area contributed by atoms with Crippen molar-refractivity contribution in [2.45, 2.75) is 0 Å². The summed E-state index contributed by atoms with van der Waals surface area (Å²) in [5.41, 5.74) is 0.849. The number of carbonyl (C=O) groups is 1. The standard InChI is InChI=1S/C11H8BrNO2/c12-9-2-3-10-8(7-9)1-4-11(13-10)15-6-5-14/h1-5,7H,6H2. The van der Waals surface area contributed by atoms with E-state index in [0.29, 0.717) is 12.2 Å². The van der Waals surface area contributed by atoms with Crippen molar-refractivity contribution in [2.24, 2.45) is 0 Å². The van der Waals surface area contributed by atoms with E-state index >= 15 is 0 Å². The van der Waals surface area contributed by atoms with Crippen LogP contribution in [0.2, 0.25) is 0 Å². The van der Waals surface area contributed by atoms with Crippen molar-refractivity contribution < 1.29 is 9.53 Å². The third-order valence-corrected chi connectivity index (χ3v) is 2.42. The van der Waals surface area contributed by atoms with Crippen LogP contribution in [-0.2, 0) is 4.79 Å². The molecule has 2 rings (SSSR count). The molecule has 15 heavy (non-hydrogen) atoms. The SMILES string of the molecule is O=CCOc1ccc2cc(Br)ccc2n1. The molecule has 0 saturated carbocycles. The third-order valence-electron chi connectivity index (χ3n) is 1.92. The average Bonchev–Trinajstić information content (AvgIpc) is 2.26. The molecule has 0 aliphatic heterocycles. The molecule has 0 saturated heterocycles. The van der Waals surface area contributed by atoms with Gasteiger partial charge in [-0.05, 0) is 24.3 Å². The third kappa shape index (κ3) is 2.33. The van der Waals surface area contributed by atoms with E-state index < -0.39 is 0 Å². The molecule has 1 heterocycles. The smallest absolute Gasteiger partial charge is 0.214 e. The van der Waals surface area contributed by atoms with E-state index in [0.717, 1.165) is 15.4 Å². The maximum absolute atomic E-state index is 10.1. The van der Waals surface area contributed by atoms with Crippen molar-refractivity contribution in [2.75, 3.05) is 6.61 Å². The summed E-state index contributed by atoms with van der Waals surface area (Å²) in [4.78, 5) is 14.4. The highest BCUT2D eigenvalue weighted by atomic mass is 79.9. The van der Waals surface area contributed by atoms with Crippen LogP contribution >= 0.6 is 15.9 Å². The first-order valence-corrected chi connectivity index (χ1v) is 5.21. The number of rotatable bonds is 3. The van der Waals surface area contributed by atoms with E-state index in [1.165, 1.54) is 0 Å². The second kappa shape index (κ2) is 4.40. The van der Waals surface area contributed by atoms with Gasteiger partial charge in [-0.25, -0.2) is 4.98 Å². The first-order valence-electron chi connectivity index (χ1n) is 4.42. The zero-order chi connectivity index (χ0) is 10.7. The number of aromatic nitrogens is 1. The molecule has 0 N–H and O–H groups in total. The van der Waals surface area contributed by atoms with Gasteiger partial charge in [-0.2, -0.15) is 0 Å². The molecule has 0 spiro atoms. The van der Waals surface area contributed by atoms with Crippen molar-refractivity contribution in [1.29, 1.82) is 0 Å². The van der Waals surface area contributed by atoms with Crippen molar-refractivity contribution in [3.8, 4) is 5.88 Å². The van der Waals surface area contributed by atoms with Gasteiger partial charge in [0, 0.05) is 15.9 Å². The lowest BCUT2D eigenvalue weighted by molar-refractivity contribution is -0.109. The Morgan fingerprint density at radius 2 is 2.20 bits per heavy atom. The number of aldehydes is 1. The van der Waals surface area contributed by atoms with Gasteiger partial charge >= 0.3 is 0 Å². The molecule has 0 aliphatic carbocycles. The number of nitrogens with zero attached hydrogens (tertiary/aromatic N) is 1. The highest BCUT2D eigenvalue weighted by Gasteiger charge is 1.99. The van der Waals surface area contributed by atoms with Gasteiger partial charge in [-0.1, -0.05) is 15.9 Å². The fourth-order valence-electron chi connectivity index (χ4n) is 1.28. The number of benzene rings is 1. The van der Waals surface area contributed by atoms with E-state index in [4.69, 9.17) is 4.74 Å². The summed E-state index contributed by atoms with van der Waals surface area (Å²) in [6.45, 7) is 0.0367. The summed E-state index contributed by atoms with van der Waals surface area (Å²) in [5.74, 6) is 0.469. The van der Waals surface area contributed by atoms with Gasteiger partial charge in [0.2, 0.25) is 5.88 Å². The van der Waals surface area contributed by atoms with Gasteiger partial charge < -0.3 is 4.74 Å². The monoisotopic (exact) mass is 265 g/mol. The van der Waals surface area contributed by atoms with Crippen molar-refractivity contribution in [3.63, 3.8) is 0 Å². The number of fused-ring (bicyclic) bond motifs is 1. The van der Waals surface area contributed by atoms with Crippen LogP contribution in [0, 0.1) is 0 Å². The first kappa shape index (κ1) is 10.1. The molecule has 1 aromatic heterocycles. The van der Waals surface area contributed by atoms with E-state index in [2.05, 4.69) is 20.9 Å². The first-order chi connectivity index (χ1) is 7.29. The Kier molecular flexibility index (Phi) is 2.97. The number of carbonyl (C=O) groups excluding carboxylic acids is 1. The Bertz CT molecular complexity index is 499. The molecular formula is C11H8BrNO2. The molecular weight excluding hydrogens is 258 g/mol. The summed E-state index contributed by atoms with van der Waals surface area (Å²) >= 11 is 3.39. The summed E-state index contributed by atoms with van der Waals surface area (Å²) in [6.07, 6.45) is 0.702. The fraction of sp³-hybridized carbons (Fsp3) is 0.0909. The summed E-state index contributed by atoms with van der Waals surface area (Å²) < 4.78 is 6.11. The Labute approximate surface area is 95.2 Å². The summed E-state index contributed by atoms with van der Waals surface area (Å²) in [7, 11) is 0. The lowest BCUT2D eigenvalue weighted by atomic mass is 10.2. The fourth-order valence-corrected chi connectivity index (χ4v) is 1.66. The highest BCUT2D eigenvalue weighted by molar-refractivity contribution is 9.10. The van der Waals surface area contributed by atoms with Crippen LogP contribution in [0.3, 0.4) is 0 Å². The predicted octanol–water partition coefficient (Wildman–Crippen LogP) is 2.58. The largest absolute Gasteiger partial charge is 0.470 e. The minimum atomic E-state index is 0.0367. The van der Waals surface area contributed by atoms with E-state index in [1.54, 1.807) is 6.07 Å². The summed E-state index contributed by atoms with van der Waals surface area (Å²) in [5, 5.41) is 1.03. The maximum atomic E-state index is 10.1. The zero-order valence-electron chi connectivity index (χ0n) is 7.81. The van der Waals surface area contributed by atoms with Crippen LogP contribution in [0.25, 0.3) is 10.9 Å². The molecule has 0 bridgehead atoms. The minimum absolute atomic E-state index is 0.0367. The normalized spacial score (nSPS) is 10.2. The topological polar surface area (TPSA) is 39.2 Å².